The highest BCUT2D eigenvalue weighted by Crippen LogP contribution is 2.28. The Morgan fingerprint density at radius 1 is 1.12 bits per heavy atom. The Balaban J connectivity index is 2.92. The number of fused-ring (bicyclic) bond motifs is 1. The van der Waals surface area contributed by atoms with E-state index in [-0.39, 0.29) is 5.92 Å². The van der Waals surface area contributed by atoms with Gasteiger partial charge in [-0.25, -0.2) is 8.78 Å². The van der Waals surface area contributed by atoms with Gasteiger partial charge in [-0.2, -0.15) is 0 Å². The van der Waals surface area contributed by atoms with E-state index < -0.39 is 11.6 Å². The molecular weight excluding hydrogens is 208 g/mol. The molecule has 84 valence electrons. The van der Waals surface area contributed by atoms with Crippen molar-refractivity contribution in [1.29, 1.82) is 0 Å². The minimum absolute atomic E-state index is 0.0163. The summed E-state index contributed by atoms with van der Waals surface area (Å²) in [4.78, 5) is 4.24. The van der Waals surface area contributed by atoms with Crippen LogP contribution in [0.3, 0.4) is 0 Å². The zero-order chi connectivity index (χ0) is 11.9. The molecule has 0 saturated heterocycles. The van der Waals surface area contributed by atoms with Crippen molar-refractivity contribution < 1.29 is 8.78 Å². The van der Waals surface area contributed by atoms with E-state index in [1.807, 2.05) is 20.8 Å². The van der Waals surface area contributed by atoms with Gasteiger partial charge in [-0.15, -0.1) is 0 Å². The molecule has 2 rings (SSSR count). The third kappa shape index (κ3) is 1.66. The lowest BCUT2D eigenvalue weighted by atomic mass is 9.98. The van der Waals surface area contributed by atoms with Crippen LogP contribution in [0.1, 0.15) is 31.0 Å². The molecule has 0 aliphatic heterocycles. The summed E-state index contributed by atoms with van der Waals surface area (Å²) in [6.07, 6.45) is 0. The Kier molecular flexibility index (Phi) is 2.62. The van der Waals surface area contributed by atoms with Gasteiger partial charge >= 0.3 is 0 Å². The van der Waals surface area contributed by atoms with Crippen molar-refractivity contribution in [3.63, 3.8) is 0 Å². The minimum Gasteiger partial charge on any atom is -0.253 e. The lowest BCUT2D eigenvalue weighted by Gasteiger charge is -2.11. The summed E-state index contributed by atoms with van der Waals surface area (Å²) in [6, 6.07) is 4.32. The van der Waals surface area contributed by atoms with Crippen LogP contribution in [0.15, 0.2) is 18.2 Å². The fourth-order valence-corrected chi connectivity index (χ4v) is 1.88. The maximum atomic E-state index is 13.7. The monoisotopic (exact) mass is 221 g/mol. The largest absolute Gasteiger partial charge is 0.253 e. The molecule has 0 saturated carbocycles. The zero-order valence-corrected chi connectivity index (χ0v) is 9.51. The first-order valence-electron chi connectivity index (χ1n) is 5.26. The molecule has 0 spiro atoms. The van der Waals surface area contributed by atoms with Crippen LogP contribution in [-0.4, -0.2) is 4.98 Å². The molecule has 0 aliphatic carbocycles. The van der Waals surface area contributed by atoms with Crippen molar-refractivity contribution >= 4 is 10.9 Å². The maximum Gasteiger partial charge on any atom is 0.135 e. The SMILES string of the molecule is Cc1ccc2c(F)cc(F)c(C(C)C)c2n1. The van der Waals surface area contributed by atoms with Gasteiger partial charge in [0.2, 0.25) is 0 Å². The molecular formula is C13H13F2N. The number of halogens is 2. The first kappa shape index (κ1) is 11.0. The van der Waals surface area contributed by atoms with Crippen molar-refractivity contribution in [3.05, 3.63) is 41.1 Å². The van der Waals surface area contributed by atoms with E-state index in [2.05, 4.69) is 4.98 Å². The lowest BCUT2D eigenvalue weighted by molar-refractivity contribution is 0.573. The van der Waals surface area contributed by atoms with Crippen LogP contribution in [0.25, 0.3) is 10.9 Å². The second kappa shape index (κ2) is 3.81. The summed E-state index contributed by atoms with van der Waals surface area (Å²) in [5.74, 6) is -1.08. The highest BCUT2D eigenvalue weighted by Gasteiger charge is 2.16. The molecule has 0 N–H and O–H groups in total. The quantitative estimate of drug-likeness (QED) is 0.710. The summed E-state index contributed by atoms with van der Waals surface area (Å²) < 4.78 is 27.2. The fraction of sp³-hybridized carbons (Fsp3) is 0.308. The Hall–Kier alpha value is -1.51. The summed E-state index contributed by atoms with van der Waals surface area (Å²) in [6.45, 7) is 5.56. The first-order valence-corrected chi connectivity index (χ1v) is 5.26. The van der Waals surface area contributed by atoms with Gasteiger partial charge in [-0.1, -0.05) is 13.8 Å². The Labute approximate surface area is 93.1 Å². The topological polar surface area (TPSA) is 12.9 Å². The Bertz CT molecular complexity index is 547. The highest BCUT2D eigenvalue weighted by molar-refractivity contribution is 5.83. The van der Waals surface area contributed by atoms with Gasteiger partial charge in [0.15, 0.2) is 0 Å². The second-order valence-corrected chi connectivity index (χ2v) is 4.26. The standard InChI is InChI=1S/C13H13F2N/c1-7(2)12-11(15)6-10(14)9-5-4-8(3)16-13(9)12/h4-7H,1-3H3. The predicted molar refractivity (Wildman–Crippen MR) is 60.5 cm³/mol. The lowest BCUT2D eigenvalue weighted by Crippen LogP contribution is -1.99. The van der Waals surface area contributed by atoms with Gasteiger partial charge in [0.1, 0.15) is 11.6 Å². The van der Waals surface area contributed by atoms with Crippen LogP contribution in [0.2, 0.25) is 0 Å². The molecule has 0 unspecified atom stereocenters. The fourth-order valence-electron chi connectivity index (χ4n) is 1.88. The second-order valence-electron chi connectivity index (χ2n) is 4.26. The van der Waals surface area contributed by atoms with Gasteiger partial charge in [-0.05, 0) is 25.0 Å². The van der Waals surface area contributed by atoms with E-state index in [9.17, 15) is 8.78 Å². The predicted octanol–water partition coefficient (Wildman–Crippen LogP) is 3.94. The molecule has 3 heteroatoms. The van der Waals surface area contributed by atoms with E-state index in [1.54, 1.807) is 12.1 Å². The van der Waals surface area contributed by atoms with Crippen LogP contribution < -0.4 is 0 Å². The van der Waals surface area contributed by atoms with Crippen LogP contribution in [0.5, 0.6) is 0 Å². The number of aromatic nitrogens is 1. The van der Waals surface area contributed by atoms with Gasteiger partial charge in [-0.3, -0.25) is 4.98 Å². The van der Waals surface area contributed by atoms with E-state index >= 15 is 0 Å². The molecule has 0 amide bonds. The molecule has 1 nitrogen and oxygen atoms in total. The molecule has 0 radical (unpaired) electrons. The number of aryl methyl sites for hydroxylation is 1. The summed E-state index contributed by atoms with van der Waals surface area (Å²) in [7, 11) is 0. The zero-order valence-electron chi connectivity index (χ0n) is 9.51. The Morgan fingerprint density at radius 2 is 1.81 bits per heavy atom. The van der Waals surface area contributed by atoms with E-state index in [0.29, 0.717) is 16.5 Å². The van der Waals surface area contributed by atoms with Gasteiger partial charge in [0.05, 0.1) is 5.52 Å². The highest BCUT2D eigenvalue weighted by atomic mass is 19.1. The number of rotatable bonds is 1. The number of hydrogen-bond donors (Lipinski definition) is 0. The molecule has 2 aromatic rings. The smallest absolute Gasteiger partial charge is 0.135 e. The Morgan fingerprint density at radius 3 is 2.44 bits per heavy atom. The number of benzene rings is 1. The van der Waals surface area contributed by atoms with Crippen molar-refractivity contribution in [2.45, 2.75) is 26.7 Å². The average Bonchev–Trinajstić information content (AvgIpc) is 2.15. The third-order valence-corrected chi connectivity index (χ3v) is 2.64. The molecule has 0 atom stereocenters. The summed E-state index contributed by atoms with van der Waals surface area (Å²) in [5, 5.41) is 0.385. The number of nitrogens with zero attached hydrogens (tertiary/aromatic N) is 1. The van der Waals surface area contributed by atoms with Crippen LogP contribution in [0, 0.1) is 18.6 Å². The van der Waals surface area contributed by atoms with Crippen molar-refractivity contribution in [3.8, 4) is 0 Å². The van der Waals surface area contributed by atoms with Crippen LogP contribution >= 0.6 is 0 Å². The molecule has 0 aliphatic rings. The van der Waals surface area contributed by atoms with E-state index in [0.717, 1.165) is 11.8 Å². The van der Waals surface area contributed by atoms with E-state index in [4.69, 9.17) is 0 Å². The summed E-state index contributed by atoms with van der Waals surface area (Å²) in [5.41, 5.74) is 1.69. The molecule has 0 bridgehead atoms. The number of hydrogen-bond acceptors (Lipinski definition) is 1. The van der Waals surface area contributed by atoms with Gasteiger partial charge < -0.3 is 0 Å². The average molecular weight is 221 g/mol. The third-order valence-electron chi connectivity index (χ3n) is 2.64. The number of pyridine rings is 1. The van der Waals surface area contributed by atoms with Crippen LogP contribution in [0.4, 0.5) is 8.78 Å². The summed E-state index contributed by atoms with van der Waals surface area (Å²) >= 11 is 0. The van der Waals surface area contributed by atoms with Crippen molar-refractivity contribution in [2.24, 2.45) is 0 Å². The molecule has 0 fully saturated rings. The molecule has 1 heterocycles. The molecule has 1 aromatic carbocycles. The minimum atomic E-state index is -0.551. The van der Waals surface area contributed by atoms with Gasteiger partial charge in [0, 0.05) is 22.7 Å². The molecule has 16 heavy (non-hydrogen) atoms. The maximum absolute atomic E-state index is 13.7. The molecule has 1 aromatic heterocycles. The van der Waals surface area contributed by atoms with Crippen molar-refractivity contribution in [1.82, 2.24) is 4.98 Å². The van der Waals surface area contributed by atoms with Crippen LogP contribution in [-0.2, 0) is 0 Å². The first-order chi connectivity index (χ1) is 7.50. The normalized spacial score (nSPS) is 11.4. The van der Waals surface area contributed by atoms with E-state index in [1.165, 1.54) is 0 Å². The van der Waals surface area contributed by atoms with Gasteiger partial charge in [0.25, 0.3) is 0 Å². The van der Waals surface area contributed by atoms with Crippen molar-refractivity contribution in [2.75, 3.05) is 0 Å².